The molecule has 1 saturated heterocycles. The number of halogens is 1. The van der Waals surface area contributed by atoms with Gasteiger partial charge in [-0.3, -0.25) is 4.99 Å². The van der Waals surface area contributed by atoms with E-state index in [0.29, 0.717) is 11.9 Å². The van der Waals surface area contributed by atoms with Crippen LogP contribution in [0.5, 0.6) is 0 Å². The highest BCUT2D eigenvalue weighted by atomic mass is 127. The van der Waals surface area contributed by atoms with Crippen molar-refractivity contribution in [2.24, 2.45) is 16.6 Å². The Bertz CT molecular complexity index is 269. The molecule has 0 aromatic carbocycles. The van der Waals surface area contributed by atoms with E-state index in [4.69, 9.17) is 5.73 Å². The molecule has 1 unspecified atom stereocenters. The van der Waals surface area contributed by atoms with Crippen LogP contribution < -0.4 is 11.1 Å². The Labute approximate surface area is 142 Å². The Morgan fingerprint density at radius 3 is 2.80 bits per heavy atom. The molecule has 0 spiro atoms. The van der Waals surface area contributed by atoms with Gasteiger partial charge in [0.1, 0.15) is 0 Å². The van der Waals surface area contributed by atoms with E-state index >= 15 is 0 Å². The van der Waals surface area contributed by atoms with Crippen molar-refractivity contribution in [3.8, 4) is 0 Å². The van der Waals surface area contributed by atoms with E-state index in [1.165, 1.54) is 25.8 Å². The number of nitrogens with one attached hydrogen (secondary N) is 1. The van der Waals surface area contributed by atoms with Gasteiger partial charge in [-0.2, -0.15) is 0 Å². The minimum Gasteiger partial charge on any atom is -0.370 e. The van der Waals surface area contributed by atoms with Gasteiger partial charge < -0.3 is 16.0 Å². The van der Waals surface area contributed by atoms with E-state index in [0.717, 1.165) is 38.5 Å². The van der Waals surface area contributed by atoms with Crippen molar-refractivity contribution in [3.05, 3.63) is 0 Å². The lowest BCUT2D eigenvalue weighted by molar-refractivity contribution is 0.160. The fourth-order valence-corrected chi connectivity index (χ4v) is 2.51. The highest BCUT2D eigenvalue weighted by molar-refractivity contribution is 14.0. The zero-order valence-electron chi connectivity index (χ0n) is 13.4. The Hall–Kier alpha value is -0.0400. The maximum Gasteiger partial charge on any atom is 0.188 e. The van der Waals surface area contributed by atoms with Crippen LogP contribution in [0.25, 0.3) is 0 Å². The SMILES string of the molecule is CC(C)CCNC(N)=NCCCN1CCCCC1C.I. The molecule has 0 aliphatic carbocycles. The van der Waals surface area contributed by atoms with Crippen molar-refractivity contribution in [1.82, 2.24) is 10.2 Å². The first kappa shape index (κ1) is 20.0. The standard InChI is InChI=1S/C15H32N4.HI/c1-13(2)8-10-18-15(16)17-9-6-12-19-11-5-4-7-14(19)3;/h13-14H,4-12H2,1-3H3,(H3,16,17,18);1H. The summed E-state index contributed by atoms with van der Waals surface area (Å²) in [6, 6.07) is 0.749. The van der Waals surface area contributed by atoms with Gasteiger partial charge in [0.25, 0.3) is 0 Å². The molecule has 4 nitrogen and oxygen atoms in total. The number of likely N-dealkylation sites (tertiary alicyclic amines) is 1. The third-order valence-corrected chi connectivity index (χ3v) is 3.85. The first-order chi connectivity index (χ1) is 9.09. The van der Waals surface area contributed by atoms with Gasteiger partial charge in [0.15, 0.2) is 5.96 Å². The molecule has 1 heterocycles. The number of aliphatic imine (C=N–C) groups is 1. The van der Waals surface area contributed by atoms with Crippen LogP contribution in [0.15, 0.2) is 4.99 Å². The van der Waals surface area contributed by atoms with Crippen LogP contribution in [-0.4, -0.2) is 43.1 Å². The van der Waals surface area contributed by atoms with Gasteiger partial charge in [-0.05, 0) is 45.1 Å². The van der Waals surface area contributed by atoms with E-state index in [1.807, 2.05) is 0 Å². The predicted octanol–water partition coefficient (Wildman–Crippen LogP) is 2.82. The average molecular weight is 396 g/mol. The third-order valence-electron chi connectivity index (χ3n) is 3.85. The molecule has 1 aliphatic heterocycles. The molecule has 0 saturated carbocycles. The highest BCUT2D eigenvalue weighted by Gasteiger charge is 2.16. The molecular weight excluding hydrogens is 363 g/mol. The van der Waals surface area contributed by atoms with E-state index in [-0.39, 0.29) is 24.0 Å². The number of nitrogens with zero attached hydrogens (tertiary/aromatic N) is 2. The normalized spacial score (nSPS) is 20.8. The second kappa shape index (κ2) is 11.6. The zero-order chi connectivity index (χ0) is 14.1. The first-order valence-electron chi connectivity index (χ1n) is 7.87. The molecule has 0 radical (unpaired) electrons. The minimum atomic E-state index is 0. The number of guanidine groups is 1. The van der Waals surface area contributed by atoms with Crippen LogP contribution in [0.4, 0.5) is 0 Å². The number of hydrogen-bond acceptors (Lipinski definition) is 2. The lowest BCUT2D eigenvalue weighted by atomic mass is 10.0. The number of rotatable bonds is 7. The quantitative estimate of drug-likeness (QED) is 0.301. The van der Waals surface area contributed by atoms with Crippen molar-refractivity contribution in [1.29, 1.82) is 0 Å². The maximum atomic E-state index is 5.83. The third kappa shape index (κ3) is 9.00. The minimum absolute atomic E-state index is 0. The summed E-state index contributed by atoms with van der Waals surface area (Å²) < 4.78 is 0. The summed E-state index contributed by atoms with van der Waals surface area (Å²) in [6.45, 7) is 10.9. The summed E-state index contributed by atoms with van der Waals surface area (Å²) in [7, 11) is 0. The molecule has 1 aliphatic rings. The second-order valence-electron chi connectivity index (χ2n) is 6.11. The van der Waals surface area contributed by atoms with Crippen LogP contribution in [0, 0.1) is 5.92 Å². The van der Waals surface area contributed by atoms with E-state index in [2.05, 4.69) is 36.0 Å². The topological polar surface area (TPSA) is 53.6 Å². The summed E-state index contributed by atoms with van der Waals surface area (Å²) >= 11 is 0. The molecule has 1 fully saturated rings. The molecular formula is C15H33IN4. The molecule has 0 amide bonds. The van der Waals surface area contributed by atoms with Gasteiger partial charge in [0.2, 0.25) is 0 Å². The van der Waals surface area contributed by atoms with Crippen molar-refractivity contribution in [2.75, 3.05) is 26.2 Å². The highest BCUT2D eigenvalue weighted by Crippen LogP contribution is 2.16. The second-order valence-corrected chi connectivity index (χ2v) is 6.11. The Balaban J connectivity index is 0.00000361. The number of hydrogen-bond donors (Lipinski definition) is 2. The summed E-state index contributed by atoms with van der Waals surface area (Å²) in [5.74, 6) is 1.31. The van der Waals surface area contributed by atoms with Crippen molar-refractivity contribution >= 4 is 29.9 Å². The zero-order valence-corrected chi connectivity index (χ0v) is 15.7. The molecule has 5 heteroatoms. The van der Waals surface area contributed by atoms with Crippen molar-refractivity contribution in [2.45, 2.75) is 58.9 Å². The van der Waals surface area contributed by atoms with Crippen LogP contribution >= 0.6 is 24.0 Å². The van der Waals surface area contributed by atoms with Crippen molar-refractivity contribution < 1.29 is 0 Å². The maximum absolute atomic E-state index is 5.83. The molecule has 0 bridgehead atoms. The Kier molecular flexibility index (Phi) is 11.6. The fourth-order valence-electron chi connectivity index (χ4n) is 2.51. The monoisotopic (exact) mass is 396 g/mol. The lowest BCUT2D eigenvalue weighted by Gasteiger charge is -2.33. The van der Waals surface area contributed by atoms with Gasteiger partial charge >= 0.3 is 0 Å². The smallest absolute Gasteiger partial charge is 0.188 e. The van der Waals surface area contributed by atoms with Gasteiger partial charge in [-0.1, -0.05) is 20.3 Å². The molecule has 120 valence electrons. The Morgan fingerprint density at radius 2 is 2.15 bits per heavy atom. The van der Waals surface area contributed by atoms with Gasteiger partial charge in [-0.15, -0.1) is 24.0 Å². The lowest BCUT2D eigenvalue weighted by Crippen LogP contribution is -2.38. The number of nitrogens with two attached hydrogens (primary N) is 1. The van der Waals surface area contributed by atoms with Gasteiger partial charge in [0.05, 0.1) is 0 Å². The Morgan fingerprint density at radius 1 is 1.40 bits per heavy atom. The first-order valence-corrected chi connectivity index (χ1v) is 7.87. The molecule has 3 N–H and O–H groups in total. The van der Waals surface area contributed by atoms with Gasteiger partial charge in [0, 0.05) is 25.7 Å². The van der Waals surface area contributed by atoms with Crippen LogP contribution in [-0.2, 0) is 0 Å². The summed E-state index contributed by atoms with van der Waals surface area (Å²) in [4.78, 5) is 6.97. The largest absolute Gasteiger partial charge is 0.370 e. The summed E-state index contributed by atoms with van der Waals surface area (Å²) in [6.07, 6.45) is 6.34. The van der Waals surface area contributed by atoms with E-state index < -0.39 is 0 Å². The predicted molar refractivity (Wildman–Crippen MR) is 98.9 cm³/mol. The van der Waals surface area contributed by atoms with Gasteiger partial charge in [-0.25, -0.2) is 0 Å². The van der Waals surface area contributed by atoms with Crippen LogP contribution in [0.3, 0.4) is 0 Å². The van der Waals surface area contributed by atoms with Crippen LogP contribution in [0.2, 0.25) is 0 Å². The molecule has 0 aromatic heterocycles. The average Bonchev–Trinajstić information content (AvgIpc) is 2.36. The molecule has 1 rings (SSSR count). The molecule has 0 aromatic rings. The van der Waals surface area contributed by atoms with Crippen molar-refractivity contribution in [3.63, 3.8) is 0 Å². The van der Waals surface area contributed by atoms with E-state index in [1.54, 1.807) is 0 Å². The summed E-state index contributed by atoms with van der Waals surface area (Å²) in [5.41, 5.74) is 5.83. The number of piperidine rings is 1. The van der Waals surface area contributed by atoms with E-state index in [9.17, 15) is 0 Å². The fraction of sp³-hybridized carbons (Fsp3) is 0.933. The molecule has 1 atom stereocenters. The van der Waals surface area contributed by atoms with Crippen LogP contribution in [0.1, 0.15) is 52.9 Å². The summed E-state index contributed by atoms with van der Waals surface area (Å²) in [5, 5.41) is 3.18. The molecule has 20 heavy (non-hydrogen) atoms.